The number of hydrogen-bond donors (Lipinski definition) is 1. The molecule has 41 heavy (non-hydrogen) atoms. The van der Waals surface area contributed by atoms with E-state index in [1.54, 1.807) is 24.3 Å². The fraction of sp³-hybridized carbons (Fsp3) is 0.600. The lowest BCUT2D eigenvalue weighted by Crippen LogP contribution is -2.42. The van der Waals surface area contributed by atoms with Crippen molar-refractivity contribution in [2.24, 2.45) is 0 Å². The molecule has 0 atom stereocenters. The van der Waals surface area contributed by atoms with Crippen LogP contribution in [0.25, 0.3) is 0 Å². The first kappa shape index (κ1) is 34.5. The van der Waals surface area contributed by atoms with Crippen molar-refractivity contribution in [3.05, 3.63) is 71.3 Å². The summed E-state index contributed by atoms with van der Waals surface area (Å²) in [4.78, 5) is 27.2. The number of ether oxygens (including phenoxy) is 2. The number of esters is 2. The van der Waals surface area contributed by atoms with Gasteiger partial charge in [-0.3, -0.25) is 4.90 Å². The first-order chi connectivity index (χ1) is 20.2. The second-order valence-electron chi connectivity index (χ2n) is 10.9. The van der Waals surface area contributed by atoms with Crippen LogP contribution in [0.1, 0.15) is 117 Å². The molecule has 3 rings (SSSR count). The fourth-order valence-electron chi connectivity index (χ4n) is 4.80. The molecule has 0 aromatic heterocycles. The van der Waals surface area contributed by atoms with Crippen molar-refractivity contribution >= 4 is 11.9 Å². The molecule has 228 valence electrons. The van der Waals surface area contributed by atoms with E-state index in [-0.39, 0.29) is 0 Å². The van der Waals surface area contributed by atoms with E-state index in [2.05, 4.69) is 54.4 Å². The molecule has 2 aromatic rings. The van der Waals surface area contributed by atoms with E-state index < -0.39 is 11.9 Å². The average Bonchev–Trinajstić information content (AvgIpc) is 3.01. The van der Waals surface area contributed by atoms with Crippen LogP contribution in [0.2, 0.25) is 0 Å². The Morgan fingerprint density at radius 2 is 1.07 bits per heavy atom. The van der Waals surface area contributed by atoms with Crippen molar-refractivity contribution in [3.63, 3.8) is 0 Å². The quantitative estimate of drug-likeness (QED) is 0.147. The van der Waals surface area contributed by atoms with Gasteiger partial charge < -0.3 is 14.8 Å². The molecule has 2 aromatic carbocycles. The molecule has 0 saturated carbocycles. The molecule has 1 aliphatic heterocycles. The van der Waals surface area contributed by atoms with E-state index >= 15 is 0 Å². The maximum Gasteiger partial charge on any atom is 0.339 e. The Bertz CT molecular complexity index is 895. The van der Waals surface area contributed by atoms with Crippen molar-refractivity contribution in [1.29, 1.82) is 0 Å². The smallest absolute Gasteiger partial charge is 0.339 e. The molecular formula is C35H54N2O4. The third-order valence-electron chi connectivity index (χ3n) is 7.29. The number of rotatable bonds is 18. The van der Waals surface area contributed by atoms with E-state index in [4.69, 9.17) is 9.47 Å². The molecule has 6 heteroatoms. The molecule has 1 fully saturated rings. The lowest BCUT2D eigenvalue weighted by Gasteiger charge is -2.27. The van der Waals surface area contributed by atoms with Crippen molar-refractivity contribution in [2.75, 3.05) is 39.4 Å². The standard InChI is InChI=1S/C24H38O4.C11H16N2/c1-3-5-7-9-11-15-19-27-23(25)21-17-13-14-18-22(21)24(26)28-20-16-12-10-8-6-4-2;1-2-4-11(5-3-1)10-13-8-6-12-7-9-13/h13-14,17-18H,3-12,15-16,19-20H2,1-2H3;1-5,12H,6-10H2. The molecule has 1 N–H and O–H groups in total. The van der Waals surface area contributed by atoms with Gasteiger partial charge >= 0.3 is 11.9 Å². The van der Waals surface area contributed by atoms with Crippen molar-refractivity contribution in [1.82, 2.24) is 10.2 Å². The highest BCUT2D eigenvalue weighted by molar-refractivity contribution is 6.03. The summed E-state index contributed by atoms with van der Waals surface area (Å²) in [5, 5.41) is 3.36. The van der Waals surface area contributed by atoms with Gasteiger partial charge in [-0.1, -0.05) is 121 Å². The summed E-state index contributed by atoms with van der Waals surface area (Å²) >= 11 is 0. The number of nitrogens with one attached hydrogen (secondary N) is 1. The first-order valence-corrected chi connectivity index (χ1v) is 16.1. The van der Waals surface area contributed by atoms with Crippen LogP contribution in [0, 0.1) is 0 Å². The molecule has 0 radical (unpaired) electrons. The minimum atomic E-state index is -0.444. The number of benzene rings is 2. The third-order valence-corrected chi connectivity index (χ3v) is 7.29. The van der Waals surface area contributed by atoms with Gasteiger partial charge in [0.2, 0.25) is 0 Å². The van der Waals surface area contributed by atoms with Gasteiger partial charge in [-0.15, -0.1) is 0 Å². The molecule has 0 bridgehead atoms. The highest BCUT2D eigenvalue weighted by Crippen LogP contribution is 2.14. The average molecular weight is 567 g/mol. The molecule has 0 unspecified atom stereocenters. The fourth-order valence-corrected chi connectivity index (χ4v) is 4.80. The summed E-state index contributed by atoms with van der Waals surface area (Å²) < 4.78 is 10.7. The lowest BCUT2D eigenvalue weighted by atomic mass is 10.1. The minimum absolute atomic E-state index is 0.293. The van der Waals surface area contributed by atoms with Crippen LogP contribution in [0.3, 0.4) is 0 Å². The van der Waals surface area contributed by atoms with Gasteiger partial charge in [0.05, 0.1) is 24.3 Å². The maximum atomic E-state index is 12.4. The second-order valence-corrected chi connectivity index (χ2v) is 10.9. The molecule has 0 spiro atoms. The summed E-state index contributed by atoms with van der Waals surface area (Å²) in [6.45, 7) is 10.9. The normalized spacial score (nSPS) is 13.2. The van der Waals surface area contributed by atoms with E-state index in [1.165, 1.54) is 70.0 Å². The molecule has 0 aliphatic carbocycles. The van der Waals surface area contributed by atoms with Gasteiger partial charge in [0.1, 0.15) is 0 Å². The highest BCUT2D eigenvalue weighted by atomic mass is 16.5. The summed E-state index contributed by atoms with van der Waals surface area (Å²) in [7, 11) is 0. The molecule has 0 amide bonds. The van der Waals surface area contributed by atoms with Crippen LogP contribution in [0.15, 0.2) is 54.6 Å². The van der Waals surface area contributed by atoms with Crippen LogP contribution in [0.5, 0.6) is 0 Å². The topological polar surface area (TPSA) is 67.9 Å². The summed E-state index contributed by atoms with van der Waals surface area (Å²) in [5.74, 6) is -0.888. The third kappa shape index (κ3) is 15.8. The summed E-state index contributed by atoms with van der Waals surface area (Å²) in [6.07, 6.45) is 13.6. The molecular weight excluding hydrogens is 512 g/mol. The van der Waals surface area contributed by atoms with Gasteiger partial charge in [-0.25, -0.2) is 9.59 Å². The van der Waals surface area contributed by atoms with Gasteiger partial charge in [0.25, 0.3) is 0 Å². The van der Waals surface area contributed by atoms with Crippen LogP contribution < -0.4 is 5.32 Å². The predicted molar refractivity (Wildman–Crippen MR) is 168 cm³/mol. The predicted octanol–water partition coefficient (Wildman–Crippen LogP) is 7.81. The lowest BCUT2D eigenvalue weighted by molar-refractivity contribution is 0.0450. The zero-order valence-electron chi connectivity index (χ0n) is 25.7. The van der Waals surface area contributed by atoms with Crippen LogP contribution in [-0.4, -0.2) is 56.2 Å². The Labute approximate surface area is 249 Å². The van der Waals surface area contributed by atoms with Crippen molar-refractivity contribution < 1.29 is 19.1 Å². The maximum absolute atomic E-state index is 12.4. The van der Waals surface area contributed by atoms with Crippen molar-refractivity contribution in [3.8, 4) is 0 Å². The molecule has 1 heterocycles. The number of piperazine rings is 1. The van der Waals surface area contributed by atoms with Crippen LogP contribution >= 0.6 is 0 Å². The molecule has 1 saturated heterocycles. The number of hydrogen-bond acceptors (Lipinski definition) is 6. The Balaban J connectivity index is 0.000000372. The largest absolute Gasteiger partial charge is 0.462 e. The van der Waals surface area contributed by atoms with Gasteiger partial charge in [0.15, 0.2) is 0 Å². The van der Waals surface area contributed by atoms with Crippen molar-refractivity contribution in [2.45, 2.75) is 97.4 Å². The number of carbonyl (C=O) groups excluding carboxylic acids is 2. The Morgan fingerprint density at radius 3 is 1.56 bits per heavy atom. The summed E-state index contributed by atoms with van der Waals surface area (Å²) in [5.41, 5.74) is 2.01. The first-order valence-electron chi connectivity index (χ1n) is 16.1. The zero-order chi connectivity index (χ0) is 29.4. The zero-order valence-corrected chi connectivity index (χ0v) is 25.7. The van der Waals surface area contributed by atoms with Gasteiger partial charge in [-0.05, 0) is 30.5 Å². The summed E-state index contributed by atoms with van der Waals surface area (Å²) in [6, 6.07) is 17.4. The Hall–Kier alpha value is -2.70. The Kier molecular flexibility index (Phi) is 19.3. The number of unbranched alkanes of at least 4 members (excludes halogenated alkanes) is 10. The number of carbonyl (C=O) groups is 2. The monoisotopic (exact) mass is 566 g/mol. The van der Waals surface area contributed by atoms with Crippen LogP contribution in [-0.2, 0) is 16.0 Å². The second kappa shape index (κ2) is 22.9. The van der Waals surface area contributed by atoms with E-state index in [0.29, 0.717) is 24.3 Å². The minimum Gasteiger partial charge on any atom is -0.462 e. The number of nitrogens with zero attached hydrogens (tertiary/aromatic N) is 1. The van der Waals surface area contributed by atoms with Gasteiger partial charge in [-0.2, -0.15) is 0 Å². The van der Waals surface area contributed by atoms with E-state index in [1.807, 2.05) is 0 Å². The molecule has 1 aliphatic rings. The SMILES string of the molecule is CCCCCCCCOC(=O)c1ccccc1C(=O)OCCCCCCCC.c1ccc(CN2CCNCC2)cc1. The van der Waals surface area contributed by atoms with E-state index in [9.17, 15) is 9.59 Å². The highest BCUT2D eigenvalue weighted by Gasteiger charge is 2.18. The van der Waals surface area contributed by atoms with Gasteiger partial charge in [0, 0.05) is 32.7 Å². The van der Waals surface area contributed by atoms with Crippen LogP contribution in [0.4, 0.5) is 0 Å². The van der Waals surface area contributed by atoms with E-state index in [0.717, 1.165) is 45.3 Å². The molecule has 6 nitrogen and oxygen atoms in total. The Morgan fingerprint density at radius 1 is 0.634 bits per heavy atom.